The molecule has 1 rings (SSSR count). The zero-order valence-corrected chi connectivity index (χ0v) is 13.4. The van der Waals surface area contributed by atoms with E-state index in [1.165, 1.54) is 24.1 Å². The molecule has 7 heteroatoms. The third-order valence-corrected chi connectivity index (χ3v) is 3.17. The molecular weight excluding hydrogens is 391 g/mol. The van der Waals surface area contributed by atoms with Gasteiger partial charge in [0.1, 0.15) is 0 Å². The van der Waals surface area contributed by atoms with Gasteiger partial charge in [-0.15, -0.1) is 0 Å². The van der Waals surface area contributed by atoms with Crippen molar-refractivity contribution in [2.75, 3.05) is 13.6 Å². The van der Waals surface area contributed by atoms with Crippen LogP contribution in [0.4, 0.5) is 13.2 Å². The van der Waals surface area contributed by atoms with Gasteiger partial charge >= 0.3 is 6.18 Å². The van der Waals surface area contributed by atoms with Gasteiger partial charge in [0.05, 0.1) is 11.1 Å². The van der Waals surface area contributed by atoms with Gasteiger partial charge in [0.25, 0.3) is 5.91 Å². The average molecular weight is 403 g/mol. The first kappa shape index (κ1) is 16.5. The fraction of sp³-hybridized carbons (Fsp3) is 0.417. The van der Waals surface area contributed by atoms with Gasteiger partial charge in [-0.05, 0) is 18.2 Å². The molecule has 1 aromatic rings. The summed E-state index contributed by atoms with van der Waals surface area (Å²) in [6.45, 7) is 2.14. The summed E-state index contributed by atoms with van der Waals surface area (Å²) >= 11 is 6.24. The van der Waals surface area contributed by atoms with Gasteiger partial charge in [-0.2, -0.15) is 13.2 Å². The van der Waals surface area contributed by atoms with Gasteiger partial charge in [0.15, 0.2) is 0 Å². The largest absolute Gasteiger partial charge is 0.417 e. The van der Waals surface area contributed by atoms with Crippen LogP contribution in [0.15, 0.2) is 22.7 Å². The summed E-state index contributed by atoms with van der Waals surface area (Å²) in [7, 11) is 1.47. The Morgan fingerprint density at radius 2 is 2.00 bits per heavy atom. The number of amides is 1. The molecule has 0 aliphatic carbocycles. The first-order valence-corrected chi connectivity index (χ1v) is 7.10. The molecule has 0 aliphatic rings. The van der Waals surface area contributed by atoms with Crippen LogP contribution in [-0.4, -0.2) is 29.2 Å². The van der Waals surface area contributed by atoms with Gasteiger partial charge in [-0.1, -0.05) is 38.8 Å². The van der Waals surface area contributed by atoms with Crippen molar-refractivity contribution in [2.24, 2.45) is 0 Å². The van der Waals surface area contributed by atoms with Crippen molar-refractivity contribution in [3.63, 3.8) is 0 Å². The number of carbonyl (C=O) groups excluding carboxylic acids is 1. The summed E-state index contributed by atoms with van der Waals surface area (Å²) in [5.74, 6) is -0.647. The Morgan fingerprint density at radius 1 is 1.42 bits per heavy atom. The van der Waals surface area contributed by atoms with Crippen molar-refractivity contribution in [1.82, 2.24) is 4.90 Å². The molecule has 0 aliphatic heterocycles. The van der Waals surface area contributed by atoms with Crippen molar-refractivity contribution < 1.29 is 18.0 Å². The van der Waals surface area contributed by atoms with E-state index in [-0.39, 0.29) is 14.9 Å². The lowest BCUT2D eigenvalue weighted by Gasteiger charge is -2.21. The SMILES string of the molecule is CC(Br)CN(C)C(=O)c1ccc(Br)cc1C(F)(F)F. The van der Waals surface area contributed by atoms with Crippen LogP contribution in [0, 0.1) is 0 Å². The Hall–Kier alpha value is -0.560. The van der Waals surface area contributed by atoms with Crippen LogP contribution in [0.3, 0.4) is 0 Å². The number of hydrogen-bond donors (Lipinski definition) is 0. The number of alkyl halides is 4. The Labute approximate surface area is 126 Å². The van der Waals surface area contributed by atoms with Crippen molar-refractivity contribution in [2.45, 2.75) is 17.9 Å². The maximum absolute atomic E-state index is 12.9. The molecule has 0 N–H and O–H groups in total. The molecule has 19 heavy (non-hydrogen) atoms. The Kier molecular flexibility index (Phi) is 5.43. The number of halogens is 5. The maximum atomic E-state index is 12.9. The van der Waals surface area contributed by atoms with Crippen LogP contribution >= 0.6 is 31.9 Å². The lowest BCUT2D eigenvalue weighted by molar-refractivity contribution is -0.138. The number of rotatable bonds is 3. The number of nitrogens with zero attached hydrogens (tertiary/aromatic N) is 1. The van der Waals surface area contributed by atoms with Crippen molar-refractivity contribution in [1.29, 1.82) is 0 Å². The van der Waals surface area contributed by atoms with Crippen LogP contribution in [0.5, 0.6) is 0 Å². The van der Waals surface area contributed by atoms with Crippen molar-refractivity contribution in [3.05, 3.63) is 33.8 Å². The highest BCUT2D eigenvalue weighted by Crippen LogP contribution is 2.34. The van der Waals surface area contributed by atoms with Crippen LogP contribution < -0.4 is 0 Å². The minimum Gasteiger partial charge on any atom is -0.341 e. The minimum atomic E-state index is -4.56. The molecule has 0 bridgehead atoms. The highest BCUT2D eigenvalue weighted by Gasteiger charge is 2.36. The molecule has 0 aromatic heterocycles. The molecule has 0 radical (unpaired) electrons. The van der Waals surface area contributed by atoms with E-state index in [1.807, 2.05) is 6.92 Å². The molecule has 1 atom stereocenters. The molecule has 0 saturated carbocycles. The molecular formula is C12H12Br2F3NO. The van der Waals surface area contributed by atoms with E-state index in [0.717, 1.165) is 6.07 Å². The second-order valence-electron chi connectivity index (χ2n) is 4.15. The van der Waals surface area contributed by atoms with E-state index in [4.69, 9.17) is 0 Å². The number of hydrogen-bond acceptors (Lipinski definition) is 1. The smallest absolute Gasteiger partial charge is 0.341 e. The normalized spacial score (nSPS) is 13.2. The van der Waals surface area contributed by atoms with Gasteiger partial charge in [-0.3, -0.25) is 4.79 Å². The van der Waals surface area contributed by atoms with Crippen LogP contribution in [-0.2, 0) is 6.18 Å². The number of benzene rings is 1. The van der Waals surface area contributed by atoms with Crippen LogP contribution in [0.1, 0.15) is 22.8 Å². The second-order valence-corrected chi connectivity index (χ2v) is 6.63. The monoisotopic (exact) mass is 401 g/mol. The van der Waals surface area contributed by atoms with E-state index in [0.29, 0.717) is 6.54 Å². The highest BCUT2D eigenvalue weighted by atomic mass is 79.9. The zero-order chi connectivity index (χ0) is 14.8. The van der Waals surface area contributed by atoms with Crippen molar-refractivity contribution in [3.8, 4) is 0 Å². The third-order valence-electron chi connectivity index (χ3n) is 2.39. The summed E-state index contributed by atoms with van der Waals surface area (Å²) < 4.78 is 39.0. The quantitative estimate of drug-likeness (QED) is 0.689. The van der Waals surface area contributed by atoms with E-state index < -0.39 is 17.6 Å². The zero-order valence-electron chi connectivity index (χ0n) is 10.3. The molecule has 2 nitrogen and oxygen atoms in total. The van der Waals surface area contributed by atoms with Crippen LogP contribution in [0.2, 0.25) is 0 Å². The Bertz CT molecular complexity index is 475. The van der Waals surface area contributed by atoms with E-state index in [9.17, 15) is 18.0 Å². The molecule has 1 aromatic carbocycles. The Morgan fingerprint density at radius 3 is 2.47 bits per heavy atom. The fourth-order valence-corrected chi connectivity index (χ4v) is 2.40. The second kappa shape index (κ2) is 6.26. The first-order valence-electron chi connectivity index (χ1n) is 5.39. The molecule has 0 fully saturated rings. The van der Waals surface area contributed by atoms with Crippen molar-refractivity contribution >= 4 is 37.8 Å². The Balaban J connectivity index is 3.16. The minimum absolute atomic E-state index is 0.00577. The molecule has 106 valence electrons. The molecule has 0 spiro atoms. The predicted molar refractivity (Wildman–Crippen MR) is 74.5 cm³/mol. The third kappa shape index (κ3) is 4.49. The summed E-state index contributed by atoms with van der Waals surface area (Å²) in [5, 5.41) is 0. The topological polar surface area (TPSA) is 20.3 Å². The molecule has 0 heterocycles. The number of carbonyl (C=O) groups is 1. The molecule has 1 unspecified atom stereocenters. The van der Waals surface area contributed by atoms with E-state index in [1.54, 1.807) is 0 Å². The standard InChI is InChI=1S/C12H12Br2F3NO/c1-7(13)6-18(2)11(19)9-4-3-8(14)5-10(9)12(15,16)17/h3-5,7H,6H2,1-2H3. The molecule has 0 saturated heterocycles. The van der Waals surface area contributed by atoms with Gasteiger partial charge < -0.3 is 4.90 Å². The van der Waals surface area contributed by atoms with Crippen LogP contribution in [0.25, 0.3) is 0 Å². The van der Waals surface area contributed by atoms with E-state index in [2.05, 4.69) is 31.9 Å². The lowest BCUT2D eigenvalue weighted by atomic mass is 10.1. The highest BCUT2D eigenvalue weighted by molar-refractivity contribution is 9.10. The van der Waals surface area contributed by atoms with Gasteiger partial charge in [-0.25, -0.2) is 0 Å². The fourth-order valence-electron chi connectivity index (χ4n) is 1.60. The maximum Gasteiger partial charge on any atom is 0.417 e. The first-order chi connectivity index (χ1) is 8.62. The summed E-state index contributed by atoms with van der Waals surface area (Å²) in [4.78, 5) is 13.3. The molecule has 1 amide bonds. The summed E-state index contributed by atoms with van der Waals surface area (Å²) in [5.41, 5.74) is -1.27. The van der Waals surface area contributed by atoms with Gasteiger partial charge in [0, 0.05) is 22.9 Å². The van der Waals surface area contributed by atoms with E-state index >= 15 is 0 Å². The predicted octanol–water partition coefficient (Wildman–Crippen LogP) is 4.32. The average Bonchev–Trinajstić information content (AvgIpc) is 2.25. The summed E-state index contributed by atoms with van der Waals surface area (Å²) in [6.07, 6.45) is -4.56. The summed E-state index contributed by atoms with van der Waals surface area (Å²) in [6, 6.07) is 3.52. The lowest BCUT2D eigenvalue weighted by Crippen LogP contribution is -2.32. The van der Waals surface area contributed by atoms with Gasteiger partial charge in [0.2, 0.25) is 0 Å².